The Hall–Kier alpha value is -1.74. The number of hydrogen-bond donors (Lipinski definition) is 1. The van der Waals surface area contributed by atoms with Crippen molar-refractivity contribution >= 4 is 5.57 Å². The van der Waals surface area contributed by atoms with Crippen molar-refractivity contribution in [3.8, 4) is 0 Å². The largest absolute Gasteiger partial charge is 0.389 e. The zero-order valence-electron chi connectivity index (χ0n) is 10.9. The molecule has 0 saturated carbocycles. The van der Waals surface area contributed by atoms with Gasteiger partial charge in [-0.05, 0) is 38.5 Å². The van der Waals surface area contributed by atoms with Crippen LogP contribution in [0.15, 0.2) is 42.5 Å². The van der Waals surface area contributed by atoms with Crippen molar-refractivity contribution in [3.05, 3.63) is 59.7 Å². The molecule has 0 saturated heterocycles. The number of hydrogen-bond acceptors (Lipinski definition) is 2. The Balaban J connectivity index is 3.29. The molecule has 0 aliphatic rings. The molecule has 0 aliphatic heterocycles. The average molecular weight is 247 g/mol. The quantitative estimate of drug-likeness (QED) is 0.648. The van der Waals surface area contributed by atoms with E-state index in [4.69, 9.17) is 0 Å². The molecule has 0 aliphatic carbocycles. The van der Waals surface area contributed by atoms with E-state index in [-0.39, 0.29) is 5.56 Å². The molecule has 1 atom stereocenters. The van der Waals surface area contributed by atoms with E-state index >= 15 is 0 Å². The van der Waals surface area contributed by atoms with Crippen LogP contribution in [0.1, 0.15) is 38.1 Å². The Labute approximate surface area is 107 Å². The van der Waals surface area contributed by atoms with Crippen molar-refractivity contribution in [1.29, 1.82) is 0 Å². The number of nitrogens with zero attached hydrogens (tertiary/aromatic N) is 1. The Morgan fingerprint density at radius 1 is 1.50 bits per heavy atom. The van der Waals surface area contributed by atoms with Gasteiger partial charge in [0.25, 0.3) is 0 Å². The van der Waals surface area contributed by atoms with Crippen LogP contribution in [0.3, 0.4) is 0 Å². The molecule has 2 nitrogen and oxygen atoms in total. The van der Waals surface area contributed by atoms with Crippen molar-refractivity contribution < 1.29 is 9.50 Å². The van der Waals surface area contributed by atoms with Gasteiger partial charge in [0.2, 0.25) is 5.95 Å². The normalized spacial score (nSPS) is 14.5. The summed E-state index contributed by atoms with van der Waals surface area (Å²) in [7, 11) is 0. The van der Waals surface area contributed by atoms with E-state index < -0.39 is 12.1 Å². The minimum absolute atomic E-state index is 0.200. The number of halogens is 1. The molecule has 1 aromatic rings. The molecule has 96 valence electrons. The highest BCUT2D eigenvalue weighted by Gasteiger charge is 2.11. The lowest BCUT2D eigenvalue weighted by Gasteiger charge is -2.09. The van der Waals surface area contributed by atoms with Gasteiger partial charge in [0.1, 0.15) is 0 Å². The molecule has 0 amide bonds. The number of allylic oxidation sites excluding steroid dienone is 5. The Morgan fingerprint density at radius 2 is 2.17 bits per heavy atom. The van der Waals surface area contributed by atoms with Crippen LogP contribution in [0.5, 0.6) is 0 Å². The summed E-state index contributed by atoms with van der Waals surface area (Å²) in [5.41, 5.74) is 2.46. The second-order valence-electron chi connectivity index (χ2n) is 4.05. The predicted molar refractivity (Wildman–Crippen MR) is 72.4 cm³/mol. The Morgan fingerprint density at radius 3 is 2.61 bits per heavy atom. The van der Waals surface area contributed by atoms with Crippen LogP contribution in [-0.4, -0.2) is 10.1 Å². The Kier molecular flexibility index (Phi) is 4.98. The zero-order valence-corrected chi connectivity index (χ0v) is 10.9. The molecule has 0 bridgehead atoms. The summed E-state index contributed by atoms with van der Waals surface area (Å²) < 4.78 is 13.7. The summed E-state index contributed by atoms with van der Waals surface area (Å²) in [6, 6.07) is 3.24. The molecule has 1 rings (SSSR count). The van der Waals surface area contributed by atoms with E-state index in [1.54, 1.807) is 18.2 Å². The number of rotatable bonds is 4. The maximum Gasteiger partial charge on any atom is 0.219 e. The summed E-state index contributed by atoms with van der Waals surface area (Å²) in [4.78, 5) is 3.88. The summed E-state index contributed by atoms with van der Waals surface area (Å²) >= 11 is 0. The molecule has 1 N–H and O–H groups in total. The number of pyridine rings is 1. The summed E-state index contributed by atoms with van der Waals surface area (Å²) in [5, 5.41) is 9.36. The van der Waals surface area contributed by atoms with Gasteiger partial charge in [-0.3, -0.25) is 0 Å². The smallest absolute Gasteiger partial charge is 0.219 e. The first kappa shape index (κ1) is 14.3. The van der Waals surface area contributed by atoms with Gasteiger partial charge in [-0.1, -0.05) is 24.8 Å². The molecule has 0 fully saturated rings. The maximum atomic E-state index is 13.7. The van der Waals surface area contributed by atoms with Gasteiger partial charge in [-0.25, -0.2) is 4.98 Å². The first-order chi connectivity index (χ1) is 8.51. The molecule has 0 radical (unpaired) electrons. The summed E-state index contributed by atoms with van der Waals surface area (Å²) in [6.45, 7) is 9.06. The molecule has 18 heavy (non-hydrogen) atoms. The lowest BCUT2D eigenvalue weighted by atomic mass is 10.0. The van der Waals surface area contributed by atoms with Crippen LogP contribution in [0.2, 0.25) is 0 Å². The first-order valence-corrected chi connectivity index (χ1v) is 5.82. The molecule has 0 aromatic carbocycles. The molecule has 3 heteroatoms. The fourth-order valence-electron chi connectivity index (χ4n) is 1.71. The maximum absolute atomic E-state index is 13.7. The van der Waals surface area contributed by atoms with E-state index in [2.05, 4.69) is 11.6 Å². The van der Waals surface area contributed by atoms with Crippen molar-refractivity contribution in [2.45, 2.75) is 26.9 Å². The molecule has 1 aromatic heterocycles. The second-order valence-corrected chi connectivity index (χ2v) is 4.05. The Bertz CT molecular complexity index is 501. The average Bonchev–Trinajstić information content (AvgIpc) is 2.29. The van der Waals surface area contributed by atoms with Gasteiger partial charge in [0.05, 0.1) is 11.8 Å². The van der Waals surface area contributed by atoms with Crippen LogP contribution < -0.4 is 0 Å². The van der Waals surface area contributed by atoms with Crippen LogP contribution in [0.25, 0.3) is 5.57 Å². The summed E-state index contributed by atoms with van der Waals surface area (Å²) in [5.74, 6) is -0.643. The highest BCUT2D eigenvalue weighted by atomic mass is 19.1. The zero-order chi connectivity index (χ0) is 13.7. The van der Waals surface area contributed by atoms with Crippen molar-refractivity contribution in [1.82, 2.24) is 4.98 Å². The van der Waals surface area contributed by atoms with Gasteiger partial charge in [0.15, 0.2) is 0 Å². The highest BCUT2D eigenvalue weighted by molar-refractivity contribution is 5.75. The number of aromatic nitrogens is 1. The third kappa shape index (κ3) is 3.14. The monoisotopic (exact) mass is 247 g/mol. The second kappa shape index (κ2) is 6.26. The van der Waals surface area contributed by atoms with Crippen molar-refractivity contribution in [2.75, 3.05) is 0 Å². The van der Waals surface area contributed by atoms with Crippen LogP contribution in [0.4, 0.5) is 4.39 Å². The van der Waals surface area contributed by atoms with Gasteiger partial charge in [0, 0.05) is 11.1 Å². The van der Waals surface area contributed by atoms with E-state index in [9.17, 15) is 9.50 Å². The fourth-order valence-corrected chi connectivity index (χ4v) is 1.71. The highest BCUT2D eigenvalue weighted by Crippen LogP contribution is 2.22. The van der Waals surface area contributed by atoms with Crippen LogP contribution in [-0.2, 0) is 0 Å². The molecule has 1 heterocycles. The lowest BCUT2D eigenvalue weighted by molar-refractivity contribution is 0.193. The topological polar surface area (TPSA) is 33.1 Å². The first-order valence-electron chi connectivity index (χ1n) is 5.82. The van der Waals surface area contributed by atoms with Gasteiger partial charge in [-0.15, -0.1) is 0 Å². The van der Waals surface area contributed by atoms with Gasteiger partial charge < -0.3 is 5.11 Å². The molecule has 0 spiro atoms. The third-order valence-electron chi connectivity index (χ3n) is 2.65. The van der Waals surface area contributed by atoms with Crippen molar-refractivity contribution in [3.63, 3.8) is 0 Å². The van der Waals surface area contributed by atoms with Gasteiger partial charge >= 0.3 is 0 Å². The fraction of sp³-hybridized carbons (Fsp3) is 0.267. The van der Waals surface area contributed by atoms with Gasteiger partial charge in [-0.2, -0.15) is 4.39 Å². The number of aliphatic hydroxyl groups is 1. The van der Waals surface area contributed by atoms with E-state index in [0.29, 0.717) is 5.69 Å². The molecule has 1 unspecified atom stereocenters. The minimum Gasteiger partial charge on any atom is -0.389 e. The summed E-state index contributed by atoms with van der Waals surface area (Å²) in [6.07, 6.45) is 4.61. The van der Waals surface area contributed by atoms with E-state index in [0.717, 1.165) is 11.1 Å². The molecular formula is C15H18FNO. The van der Waals surface area contributed by atoms with Crippen molar-refractivity contribution in [2.24, 2.45) is 0 Å². The van der Waals surface area contributed by atoms with Crippen LogP contribution in [0, 0.1) is 5.95 Å². The standard InChI is InChI=1S/C15H18FNO/c1-5-7-10(3)12(6-2)14-9-8-13(11(4)18)15(16)17-14/h5-9,11,18H,2H2,1,3-4H3/b7-5-,12-10-. The number of aliphatic hydroxyl groups excluding tert-OH is 1. The third-order valence-corrected chi connectivity index (χ3v) is 2.65. The molecular weight excluding hydrogens is 229 g/mol. The predicted octanol–water partition coefficient (Wildman–Crippen LogP) is 3.81. The lowest BCUT2D eigenvalue weighted by Crippen LogP contribution is -2.01. The van der Waals surface area contributed by atoms with E-state index in [1.807, 2.05) is 26.0 Å². The van der Waals surface area contributed by atoms with E-state index in [1.165, 1.54) is 6.92 Å². The minimum atomic E-state index is -0.862. The SMILES string of the molecule is C=C/C(=C(C)/C=C\C)c1ccc(C(C)O)c(F)n1. The van der Waals surface area contributed by atoms with Crippen LogP contribution >= 0.6 is 0 Å².